The van der Waals surface area contributed by atoms with Crippen molar-refractivity contribution in [1.82, 2.24) is 20.1 Å². The molecule has 0 spiro atoms. The molecule has 5 heteroatoms. The molecule has 5 nitrogen and oxygen atoms in total. The molecule has 0 aliphatic heterocycles. The summed E-state index contributed by atoms with van der Waals surface area (Å²) >= 11 is 0. The van der Waals surface area contributed by atoms with Crippen LogP contribution in [-0.4, -0.2) is 26.7 Å². The van der Waals surface area contributed by atoms with Crippen molar-refractivity contribution in [2.45, 2.75) is 44.2 Å². The Morgan fingerprint density at radius 1 is 1.17 bits per heavy atom. The first-order valence-electron chi connectivity index (χ1n) is 8.49. The predicted octanol–water partition coefficient (Wildman–Crippen LogP) is 2.37. The van der Waals surface area contributed by atoms with Crippen molar-refractivity contribution >= 4 is 5.91 Å². The van der Waals surface area contributed by atoms with Crippen LogP contribution in [0.4, 0.5) is 0 Å². The number of carbonyl (C=O) groups excluding carboxylic acids is 1. The quantitative estimate of drug-likeness (QED) is 0.943. The van der Waals surface area contributed by atoms with Crippen LogP contribution in [-0.2, 0) is 11.3 Å². The molecule has 2 aromatic rings. The predicted molar refractivity (Wildman–Crippen MR) is 86.6 cm³/mol. The molecule has 4 rings (SSSR count). The largest absolute Gasteiger partial charge is 0.351 e. The number of benzene rings is 1. The lowest BCUT2D eigenvalue weighted by atomic mass is 9.53. The van der Waals surface area contributed by atoms with Crippen LogP contribution in [0.15, 0.2) is 43.0 Å². The highest BCUT2D eigenvalue weighted by Crippen LogP contribution is 2.54. The lowest BCUT2D eigenvalue weighted by molar-refractivity contribution is -0.125. The van der Waals surface area contributed by atoms with Crippen molar-refractivity contribution in [2.24, 2.45) is 11.8 Å². The highest BCUT2D eigenvalue weighted by Gasteiger charge is 2.51. The van der Waals surface area contributed by atoms with Gasteiger partial charge in [0, 0.05) is 12.0 Å². The topological polar surface area (TPSA) is 59.8 Å². The third-order valence-corrected chi connectivity index (χ3v) is 5.47. The number of rotatable bonds is 4. The number of hydrogen-bond acceptors (Lipinski definition) is 3. The van der Waals surface area contributed by atoms with E-state index in [1.165, 1.54) is 37.6 Å². The summed E-state index contributed by atoms with van der Waals surface area (Å²) in [5, 5.41) is 7.29. The molecule has 1 aromatic heterocycles. The van der Waals surface area contributed by atoms with Crippen LogP contribution in [0.1, 0.15) is 37.2 Å². The Labute approximate surface area is 136 Å². The third kappa shape index (κ3) is 2.76. The second-order valence-corrected chi connectivity index (χ2v) is 6.73. The van der Waals surface area contributed by atoms with Crippen LogP contribution in [0.5, 0.6) is 0 Å². The van der Waals surface area contributed by atoms with Gasteiger partial charge in [-0.1, -0.05) is 43.2 Å². The van der Waals surface area contributed by atoms with Gasteiger partial charge in [0.2, 0.25) is 5.91 Å². The van der Waals surface area contributed by atoms with Gasteiger partial charge in [-0.3, -0.25) is 4.79 Å². The Hall–Kier alpha value is -2.17. The SMILES string of the molecule is O=C(Cn1cncn1)N[C@H]1[C@@H]2CCCC[C@H]2[C@@H]1c1ccccc1. The van der Waals surface area contributed by atoms with Crippen LogP contribution >= 0.6 is 0 Å². The number of nitrogens with zero attached hydrogens (tertiary/aromatic N) is 3. The van der Waals surface area contributed by atoms with Crippen LogP contribution in [0, 0.1) is 11.8 Å². The monoisotopic (exact) mass is 310 g/mol. The van der Waals surface area contributed by atoms with Crippen molar-refractivity contribution in [1.29, 1.82) is 0 Å². The maximum atomic E-state index is 12.4. The molecule has 120 valence electrons. The minimum absolute atomic E-state index is 0.0328. The highest BCUT2D eigenvalue weighted by atomic mass is 16.2. The Bertz CT molecular complexity index is 655. The number of aromatic nitrogens is 3. The van der Waals surface area contributed by atoms with Crippen LogP contribution in [0.25, 0.3) is 0 Å². The molecule has 23 heavy (non-hydrogen) atoms. The number of nitrogens with one attached hydrogen (secondary N) is 1. The second-order valence-electron chi connectivity index (χ2n) is 6.73. The van der Waals surface area contributed by atoms with Gasteiger partial charge in [0.05, 0.1) is 0 Å². The van der Waals surface area contributed by atoms with Gasteiger partial charge in [-0.25, -0.2) is 9.67 Å². The molecule has 1 N–H and O–H groups in total. The summed E-state index contributed by atoms with van der Waals surface area (Å²) in [6, 6.07) is 10.9. The van der Waals surface area contributed by atoms with Crippen LogP contribution < -0.4 is 5.32 Å². The first-order chi connectivity index (χ1) is 11.3. The van der Waals surface area contributed by atoms with Gasteiger partial charge in [0.15, 0.2) is 0 Å². The summed E-state index contributed by atoms with van der Waals surface area (Å²) in [5.41, 5.74) is 1.36. The van der Waals surface area contributed by atoms with Gasteiger partial charge in [0.1, 0.15) is 19.2 Å². The first-order valence-corrected chi connectivity index (χ1v) is 8.49. The van der Waals surface area contributed by atoms with E-state index in [0.29, 0.717) is 11.8 Å². The molecular formula is C18H22N4O. The van der Waals surface area contributed by atoms with Gasteiger partial charge >= 0.3 is 0 Å². The van der Waals surface area contributed by atoms with E-state index in [9.17, 15) is 4.79 Å². The summed E-state index contributed by atoms with van der Waals surface area (Å²) in [7, 11) is 0. The summed E-state index contributed by atoms with van der Waals surface area (Å²) < 4.78 is 1.57. The summed E-state index contributed by atoms with van der Waals surface area (Å²) in [6.45, 7) is 0.245. The molecule has 1 heterocycles. The fourth-order valence-electron chi connectivity index (χ4n) is 4.49. The molecule has 1 amide bonds. The Morgan fingerprint density at radius 3 is 2.70 bits per heavy atom. The second kappa shape index (κ2) is 6.14. The van der Waals surface area contributed by atoms with Gasteiger partial charge in [-0.15, -0.1) is 0 Å². The van der Waals surface area contributed by atoms with Crippen LogP contribution in [0.2, 0.25) is 0 Å². The number of amides is 1. The normalized spacial score (nSPS) is 29.4. The summed E-state index contributed by atoms with van der Waals surface area (Å²) in [6.07, 6.45) is 8.18. The Morgan fingerprint density at radius 2 is 1.96 bits per heavy atom. The smallest absolute Gasteiger partial charge is 0.242 e. The van der Waals surface area contributed by atoms with E-state index in [0.717, 1.165) is 5.92 Å². The molecule has 1 aromatic carbocycles. The van der Waals surface area contributed by atoms with E-state index in [1.54, 1.807) is 11.0 Å². The molecule has 0 radical (unpaired) electrons. The summed E-state index contributed by atoms with van der Waals surface area (Å²) in [4.78, 5) is 16.3. The Kier molecular flexibility index (Phi) is 3.85. The zero-order valence-electron chi connectivity index (χ0n) is 13.1. The van der Waals surface area contributed by atoms with E-state index in [2.05, 4.69) is 45.7 Å². The van der Waals surface area contributed by atoms with Gasteiger partial charge in [-0.05, 0) is 30.2 Å². The first kappa shape index (κ1) is 14.4. The molecule has 0 saturated heterocycles. The van der Waals surface area contributed by atoms with E-state index >= 15 is 0 Å². The van der Waals surface area contributed by atoms with Crippen molar-refractivity contribution < 1.29 is 4.79 Å². The van der Waals surface area contributed by atoms with E-state index in [4.69, 9.17) is 0 Å². The standard InChI is InChI=1S/C18H22N4O/c23-16(10-22-12-19-11-20-22)21-18-15-9-5-4-8-14(15)17(18)13-6-2-1-3-7-13/h1-3,6-7,11-12,14-15,17-18H,4-5,8-10H2,(H,21,23)/t14-,15-,17+,18+/m1/s1. The number of hydrogen-bond donors (Lipinski definition) is 1. The minimum Gasteiger partial charge on any atom is -0.351 e. The zero-order valence-corrected chi connectivity index (χ0v) is 13.1. The average molecular weight is 310 g/mol. The molecule has 2 aliphatic rings. The van der Waals surface area contributed by atoms with Crippen LogP contribution in [0.3, 0.4) is 0 Å². The van der Waals surface area contributed by atoms with Crippen molar-refractivity contribution in [2.75, 3.05) is 0 Å². The fraction of sp³-hybridized carbons (Fsp3) is 0.500. The molecule has 0 unspecified atom stereocenters. The van der Waals surface area contributed by atoms with Crippen molar-refractivity contribution in [3.05, 3.63) is 48.5 Å². The lowest BCUT2D eigenvalue weighted by Crippen LogP contribution is -2.59. The minimum atomic E-state index is 0.0328. The zero-order chi connectivity index (χ0) is 15.6. The lowest BCUT2D eigenvalue weighted by Gasteiger charge is -2.55. The van der Waals surface area contributed by atoms with E-state index in [-0.39, 0.29) is 18.5 Å². The highest BCUT2D eigenvalue weighted by molar-refractivity contribution is 5.76. The summed E-state index contributed by atoms with van der Waals surface area (Å²) in [5.74, 6) is 1.85. The van der Waals surface area contributed by atoms with E-state index in [1.807, 2.05) is 0 Å². The maximum Gasteiger partial charge on any atom is 0.242 e. The van der Waals surface area contributed by atoms with Gasteiger partial charge in [0.25, 0.3) is 0 Å². The maximum absolute atomic E-state index is 12.4. The molecular weight excluding hydrogens is 288 g/mol. The van der Waals surface area contributed by atoms with Crippen molar-refractivity contribution in [3.63, 3.8) is 0 Å². The molecule has 2 saturated carbocycles. The van der Waals surface area contributed by atoms with Gasteiger partial charge in [-0.2, -0.15) is 5.10 Å². The van der Waals surface area contributed by atoms with Gasteiger partial charge < -0.3 is 5.32 Å². The molecule has 4 atom stereocenters. The Balaban J connectivity index is 1.49. The van der Waals surface area contributed by atoms with Crippen molar-refractivity contribution in [3.8, 4) is 0 Å². The third-order valence-electron chi connectivity index (χ3n) is 5.47. The van der Waals surface area contributed by atoms with E-state index < -0.39 is 0 Å². The number of carbonyl (C=O) groups is 1. The molecule has 2 aliphatic carbocycles. The molecule has 2 fully saturated rings. The fourth-order valence-corrected chi connectivity index (χ4v) is 4.49. The number of fused-ring (bicyclic) bond motifs is 1. The average Bonchev–Trinajstić information content (AvgIpc) is 3.07. The molecule has 0 bridgehead atoms.